The second-order valence-electron chi connectivity index (χ2n) is 2.96. The minimum Gasteiger partial charge on any atom is -0.339 e. The van der Waals surface area contributed by atoms with Crippen LogP contribution in [0.2, 0.25) is 10.2 Å². The largest absolute Gasteiger partial charge is 0.339 e. The molecule has 0 atom stereocenters. The summed E-state index contributed by atoms with van der Waals surface area (Å²) in [6, 6.07) is 7.29. The lowest BCUT2D eigenvalue weighted by molar-refractivity contribution is 1.15. The first kappa shape index (κ1) is 11.6. The second-order valence-corrected chi connectivity index (χ2v) is 4.55. The molecule has 1 heterocycles. The van der Waals surface area contributed by atoms with Crippen LogP contribution in [0.3, 0.4) is 0 Å². The van der Waals surface area contributed by atoms with E-state index in [0.717, 1.165) is 5.69 Å². The van der Waals surface area contributed by atoms with Crippen LogP contribution in [0.1, 0.15) is 0 Å². The first-order valence-electron chi connectivity index (χ1n) is 4.35. The summed E-state index contributed by atoms with van der Waals surface area (Å²) in [6.07, 6.45) is 1.39. The molecule has 1 N–H and O–H groups in total. The standard InChI is InChI=1S/C10H6BrCl2N3/c11-8-9(13)14-5-15-10(8)16-7-3-1-6(12)2-4-7/h1-5H,(H,14,15,16). The number of hydrogen-bond donors (Lipinski definition) is 1. The molecule has 0 aliphatic rings. The molecule has 0 amide bonds. The van der Waals surface area contributed by atoms with Crippen molar-refractivity contribution in [3.63, 3.8) is 0 Å². The molecule has 0 radical (unpaired) electrons. The fourth-order valence-electron chi connectivity index (χ4n) is 1.11. The van der Waals surface area contributed by atoms with Crippen LogP contribution in [0.5, 0.6) is 0 Å². The number of rotatable bonds is 2. The fraction of sp³-hybridized carbons (Fsp3) is 0. The fourth-order valence-corrected chi connectivity index (χ4v) is 1.67. The highest BCUT2D eigenvalue weighted by Gasteiger charge is 2.06. The Morgan fingerprint density at radius 3 is 2.44 bits per heavy atom. The number of anilines is 2. The predicted octanol–water partition coefficient (Wildman–Crippen LogP) is 4.29. The number of nitrogens with zero attached hydrogens (tertiary/aromatic N) is 2. The first-order chi connectivity index (χ1) is 7.66. The molecular weight excluding hydrogens is 313 g/mol. The molecule has 0 unspecified atom stereocenters. The Morgan fingerprint density at radius 1 is 1.06 bits per heavy atom. The van der Waals surface area contributed by atoms with Crippen molar-refractivity contribution in [2.45, 2.75) is 0 Å². The Morgan fingerprint density at radius 2 is 1.75 bits per heavy atom. The average Bonchev–Trinajstić information content (AvgIpc) is 2.28. The summed E-state index contributed by atoms with van der Waals surface area (Å²) < 4.78 is 0.631. The summed E-state index contributed by atoms with van der Waals surface area (Å²) in [6.45, 7) is 0. The Hall–Kier alpha value is -0.840. The van der Waals surface area contributed by atoms with Gasteiger partial charge in [0.1, 0.15) is 17.3 Å². The molecule has 16 heavy (non-hydrogen) atoms. The van der Waals surface area contributed by atoms with E-state index in [2.05, 4.69) is 31.2 Å². The Bertz CT molecular complexity index is 502. The zero-order chi connectivity index (χ0) is 11.5. The predicted molar refractivity (Wildman–Crippen MR) is 69.5 cm³/mol. The van der Waals surface area contributed by atoms with Crippen LogP contribution in [0.15, 0.2) is 35.1 Å². The van der Waals surface area contributed by atoms with E-state index in [-0.39, 0.29) is 0 Å². The van der Waals surface area contributed by atoms with Crippen LogP contribution < -0.4 is 5.32 Å². The highest BCUT2D eigenvalue weighted by Crippen LogP contribution is 2.28. The van der Waals surface area contributed by atoms with Crippen LogP contribution >= 0.6 is 39.1 Å². The third-order valence-electron chi connectivity index (χ3n) is 1.85. The molecule has 0 fully saturated rings. The highest BCUT2D eigenvalue weighted by atomic mass is 79.9. The summed E-state index contributed by atoms with van der Waals surface area (Å²) in [4.78, 5) is 7.91. The highest BCUT2D eigenvalue weighted by molar-refractivity contribution is 9.10. The normalized spacial score (nSPS) is 10.2. The topological polar surface area (TPSA) is 37.8 Å². The van der Waals surface area contributed by atoms with Gasteiger partial charge in [-0.1, -0.05) is 23.2 Å². The number of benzene rings is 1. The molecule has 2 aromatic rings. The molecule has 2 rings (SSSR count). The smallest absolute Gasteiger partial charge is 0.149 e. The zero-order valence-electron chi connectivity index (χ0n) is 7.92. The SMILES string of the molecule is Clc1ccc(Nc2ncnc(Cl)c2Br)cc1. The molecule has 0 spiro atoms. The number of nitrogens with one attached hydrogen (secondary N) is 1. The molecule has 1 aromatic carbocycles. The van der Waals surface area contributed by atoms with Gasteiger partial charge in [0.2, 0.25) is 0 Å². The van der Waals surface area contributed by atoms with Crippen molar-refractivity contribution in [1.29, 1.82) is 0 Å². The third-order valence-corrected chi connectivity index (χ3v) is 3.37. The van der Waals surface area contributed by atoms with E-state index in [1.807, 2.05) is 12.1 Å². The molecule has 82 valence electrons. The number of aromatic nitrogens is 2. The Kier molecular flexibility index (Phi) is 3.63. The lowest BCUT2D eigenvalue weighted by Crippen LogP contribution is -1.95. The van der Waals surface area contributed by atoms with E-state index in [4.69, 9.17) is 23.2 Å². The van der Waals surface area contributed by atoms with E-state index in [9.17, 15) is 0 Å². The zero-order valence-corrected chi connectivity index (χ0v) is 11.0. The first-order valence-corrected chi connectivity index (χ1v) is 5.90. The van der Waals surface area contributed by atoms with Gasteiger partial charge in [0, 0.05) is 10.7 Å². The maximum absolute atomic E-state index is 5.85. The molecule has 0 saturated heterocycles. The van der Waals surface area contributed by atoms with E-state index < -0.39 is 0 Å². The molecule has 0 bridgehead atoms. The number of halogens is 3. The minimum atomic E-state index is 0.367. The molecule has 0 aliphatic carbocycles. The number of hydrogen-bond acceptors (Lipinski definition) is 3. The van der Waals surface area contributed by atoms with Gasteiger partial charge in [-0.25, -0.2) is 9.97 Å². The van der Waals surface area contributed by atoms with Crippen molar-refractivity contribution in [3.05, 3.63) is 45.2 Å². The molecule has 0 aliphatic heterocycles. The van der Waals surface area contributed by atoms with Gasteiger partial charge >= 0.3 is 0 Å². The van der Waals surface area contributed by atoms with Crippen LogP contribution in [0, 0.1) is 0 Å². The van der Waals surface area contributed by atoms with Crippen molar-refractivity contribution in [2.75, 3.05) is 5.32 Å². The lowest BCUT2D eigenvalue weighted by Gasteiger charge is -2.07. The summed E-state index contributed by atoms with van der Waals surface area (Å²) in [7, 11) is 0. The van der Waals surface area contributed by atoms with Crippen LogP contribution in [-0.2, 0) is 0 Å². The quantitative estimate of drug-likeness (QED) is 0.839. The average molecular weight is 319 g/mol. The van der Waals surface area contributed by atoms with Crippen molar-refractivity contribution < 1.29 is 0 Å². The van der Waals surface area contributed by atoms with Crippen LogP contribution in [-0.4, -0.2) is 9.97 Å². The van der Waals surface area contributed by atoms with Crippen LogP contribution in [0.4, 0.5) is 11.5 Å². The summed E-state index contributed by atoms with van der Waals surface area (Å²) >= 11 is 14.9. The van der Waals surface area contributed by atoms with E-state index in [1.165, 1.54) is 6.33 Å². The van der Waals surface area contributed by atoms with E-state index in [0.29, 0.717) is 20.5 Å². The van der Waals surface area contributed by atoms with Crippen molar-refractivity contribution in [2.24, 2.45) is 0 Å². The van der Waals surface area contributed by atoms with Gasteiger partial charge in [0.25, 0.3) is 0 Å². The summed E-state index contributed by atoms with van der Waals surface area (Å²) in [5, 5.41) is 4.15. The van der Waals surface area contributed by atoms with Gasteiger partial charge in [-0.3, -0.25) is 0 Å². The van der Waals surface area contributed by atoms with Gasteiger partial charge in [0.15, 0.2) is 0 Å². The Labute approximate surface area is 111 Å². The van der Waals surface area contributed by atoms with E-state index in [1.54, 1.807) is 12.1 Å². The minimum absolute atomic E-state index is 0.367. The second kappa shape index (κ2) is 4.99. The summed E-state index contributed by atoms with van der Waals surface area (Å²) in [5.41, 5.74) is 0.875. The maximum atomic E-state index is 5.85. The van der Waals surface area contributed by atoms with Gasteiger partial charge in [0.05, 0.1) is 4.47 Å². The van der Waals surface area contributed by atoms with Gasteiger partial charge < -0.3 is 5.32 Å². The van der Waals surface area contributed by atoms with Crippen LogP contribution in [0.25, 0.3) is 0 Å². The molecular formula is C10H6BrCl2N3. The van der Waals surface area contributed by atoms with Gasteiger partial charge in [-0.05, 0) is 40.2 Å². The lowest BCUT2D eigenvalue weighted by atomic mass is 10.3. The van der Waals surface area contributed by atoms with E-state index >= 15 is 0 Å². The molecule has 1 aromatic heterocycles. The Balaban J connectivity index is 2.27. The monoisotopic (exact) mass is 317 g/mol. The van der Waals surface area contributed by atoms with Crippen molar-refractivity contribution in [3.8, 4) is 0 Å². The molecule has 0 saturated carbocycles. The van der Waals surface area contributed by atoms with Gasteiger partial charge in [-0.15, -0.1) is 0 Å². The van der Waals surface area contributed by atoms with Gasteiger partial charge in [-0.2, -0.15) is 0 Å². The van der Waals surface area contributed by atoms with Crippen molar-refractivity contribution >= 4 is 50.6 Å². The summed E-state index contributed by atoms with van der Waals surface area (Å²) in [5.74, 6) is 0.613. The molecule has 3 nitrogen and oxygen atoms in total. The molecule has 6 heteroatoms. The third kappa shape index (κ3) is 2.64. The van der Waals surface area contributed by atoms with Crippen molar-refractivity contribution in [1.82, 2.24) is 9.97 Å². The maximum Gasteiger partial charge on any atom is 0.149 e.